The third-order valence-corrected chi connectivity index (χ3v) is 2.63. The standard InChI is InChI=1S/C14H12N2O2/c15-13(17)11-5-1-3-9(7-11)10-4-2-6-12(8-10)14(16)18/h1-8H,(H2,15,17)(H2,16,18). The van der Waals surface area contributed by atoms with Crippen molar-refractivity contribution in [2.45, 2.75) is 0 Å². The lowest BCUT2D eigenvalue weighted by atomic mass is 10.0. The Bertz CT molecular complexity index is 565. The summed E-state index contributed by atoms with van der Waals surface area (Å²) in [6.07, 6.45) is 0. The molecule has 0 fully saturated rings. The molecule has 0 radical (unpaired) electrons. The lowest BCUT2D eigenvalue weighted by Gasteiger charge is -2.05. The summed E-state index contributed by atoms with van der Waals surface area (Å²) in [4.78, 5) is 22.2. The Balaban J connectivity index is 2.48. The first-order valence-electron chi connectivity index (χ1n) is 5.38. The molecule has 0 spiro atoms. The van der Waals surface area contributed by atoms with Gasteiger partial charge in [-0.05, 0) is 35.4 Å². The van der Waals surface area contributed by atoms with Gasteiger partial charge in [-0.15, -0.1) is 0 Å². The van der Waals surface area contributed by atoms with Crippen molar-refractivity contribution in [2.24, 2.45) is 11.5 Å². The summed E-state index contributed by atoms with van der Waals surface area (Å²) < 4.78 is 0. The van der Waals surface area contributed by atoms with Crippen LogP contribution < -0.4 is 11.5 Å². The average molecular weight is 240 g/mol. The van der Waals surface area contributed by atoms with Crippen LogP contribution in [0.2, 0.25) is 0 Å². The Morgan fingerprint density at radius 2 is 1.11 bits per heavy atom. The molecule has 4 heteroatoms. The van der Waals surface area contributed by atoms with Gasteiger partial charge in [-0.1, -0.05) is 24.3 Å². The summed E-state index contributed by atoms with van der Waals surface area (Å²) in [5, 5.41) is 0. The van der Waals surface area contributed by atoms with E-state index in [2.05, 4.69) is 0 Å². The molecule has 90 valence electrons. The molecule has 2 aromatic rings. The SMILES string of the molecule is NC(=O)c1cccc(-c2cccc(C(N)=O)c2)c1. The van der Waals surface area contributed by atoms with Gasteiger partial charge in [0, 0.05) is 11.1 Å². The highest BCUT2D eigenvalue weighted by Crippen LogP contribution is 2.21. The van der Waals surface area contributed by atoms with Crippen molar-refractivity contribution in [3.05, 3.63) is 59.7 Å². The molecular formula is C14H12N2O2. The van der Waals surface area contributed by atoms with Crippen LogP contribution in [0.15, 0.2) is 48.5 Å². The molecule has 2 aromatic carbocycles. The van der Waals surface area contributed by atoms with Crippen molar-refractivity contribution in [3.63, 3.8) is 0 Å². The highest BCUT2D eigenvalue weighted by atomic mass is 16.1. The number of hydrogen-bond acceptors (Lipinski definition) is 2. The summed E-state index contributed by atoms with van der Waals surface area (Å²) in [6.45, 7) is 0. The van der Waals surface area contributed by atoms with Crippen molar-refractivity contribution in [3.8, 4) is 11.1 Å². The molecular weight excluding hydrogens is 228 g/mol. The predicted octanol–water partition coefficient (Wildman–Crippen LogP) is 1.55. The van der Waals surface area contributed by atoms with Crippen LogP contribution in [0.25, 0.3) is 11.1 Å². The van der Waals surface area contributed by atoms with E-state index in [1.807, 2.05) is 12.1 Å². The molecule has 4 nitrogen and oxygen atoms in total. The van der Waals surface area contributed by atoms with Gasteiger partial charge >= 0.3 is 0 Å². The Kier molecular flexibility index (Phi) is 3.10. The summed E-state index contributed by atoms with van der Waals surface area (Å²) in [6, 6.07) is 13.8. The summed E-state index contributed by atoms with van der Waals surface area (Å²) in [7, 11) is 0. The zero-order chi connectivity index (χ0) is 13.1. The van der Waals surface area contributed by atoms with Gasteiger partial charge < -0.3 is 11.5 Å². The lowest BCUT2D eigenvalue weighted by molar-refractivity contribution is 0.0991. The summed E-state index contributed by atoms with van der Waals surface area (Å²) >= 11 is 0. The fourth-order valence-corrected chi connectivity index (χ4v) is 1.70. The topological polar surface area (TPSA) is 86.2 Å². The first kappa shape index (κ1) is 11.9. The zero-order valence-electron chi connectivity index (χ0n) is 9.59. The van der Waals surface area contributed by atoms with Gasteiger partial charge in [0.15, 0.2) is 0 Å². The van der Waals surface area contributed by atoms with Crippen LogP contribution in [0.5, 0.6) is 0 Å². The van der Waals surface area contributed by atoms with Crippen LogP contribution in [0.3, 0.4) is 0 Å². The molecule has 2 rings (SSSR count). The van der Waals surface area contributed by atoms with Gasteiger partial charge in [0.2, 0.25) is 11.8 Å². The normalized spacial score (nSPS) is 10.0. The van der Waals surface area contributed by atoms with Gasteiger partial charge in [-0.2, -0.15) is 0 Å². The van der Waals surface area contributed by atoms with E-state index in [0.29, 0.717) is 11.1 Å². The van der Waals surface area contributed by atoms with E-state index < -0.39 is 11.8 Å². The monoisotopic (exact) mass is 240 g/mol. The van der Waals surface area contributed by atoms with Crippen LogP contribution in [0, 0.1) is 0 Å². The molecule has 4 N–H and O–H groups in total. The van der Waals surface area contributed by atoms with E-state index in [1.54, 1.807) is 36.4 Å². The quantitative estimate of drug-likeness (QED) is 0.852. The number of primary amides is 2. The molecule has 0 bridgehead atoms. The zero-order valence-corrected chi connectivity index (χ0v) is 9.59. The Morgan fingerprint density at radius 1 is 0.722 bits per heavy atom. The van der Waals surface area contributed by atoms with Gasteiger partial charge in [0.1, 0.15) is 0 Å². The predicted molar refractivity (Wildman–Crippen MR) is 68.9 cm³/mol. The van der Waals surface area contributed by atoms with Crippen molar-refractivity contribution >= 4 is 11.8 Å². The highest BCUT2D eigenvalue weighted by Gasteiger charge is 2.05. The smallest absolute Gasteiger partial charge is 0.248 e. The van der Waals surface area contributed by atoms with Gasteiger partial charge in [0.05, 0.1) is 0 Å². The first-order chi connectivity index (χ1) is 8.58. The van der Waals surface area contributed by atoms with E-state index in [0.717, 1.165) is 11.1 Å². The molecule has 0 unspecified atom stereocenters. The lowest BCUT2D eigenvalue weighted by Crippen LogP contribution is -2.11. The van der Waals surface area contributed by atoms with Gasteiger partial charge in [-0.25, -0.2) is 0 Å². The van der Waals surface area contributed by atoms with E-state index in [1.165, 1.54) is 0 Å². The second-order valence-corrected chi connectivity index (χ2v) is 3.89. The number of carbonyl (C=O) groups is 2. The molecule has 0 aliphatic carbocycles. The van der Waals surface area contributed by atoms with Gasteiger partial charge in [0.25, 0.3) is 0 Å². The van der Waals surface area contributed by atoms with Crippen molar-refractivity contribution in [2.75, 3.05) is 0 Å². The molecule has 0 saturated heterocycles. The average Bonchev–Trinajstić information content (AvgIpc) is 2.39. The minimum absolute atomic E-state index is 0.428. The Labute approximate surface area is 104 Å². The third-order valence-electron chi connectivity index (χ3n) is 2.63. The van der Waals surface area contributed by atoms with E-state index in [4.69, 9.17) is 11.5 Å². The molecule has 18 heavy (non-hydrogen) atoms. The molecule has 0 aliphatic heterocycles. The first-order valence-corrected chi connectivity index (χ1v) is 5.38. The number of nitrogens with two attached hydrogens (primary N) is 2. The fraction of sp³-hybridized carbons (Fsp3) is 0. The molecule has 0 saturated carbocycles. The van der Waals surface area contributed by atoms with Gasteiger partial charge in [-0.3, -0.25) is 9.59 Å². The number of carbonyl (C=O) groups excluding carboxylic acids is 2. The third kappa shape index (κ3) is 2.38. The largest absolute Gasteiger partial charge is 0.366 e. The highest BCUT2D eigenvalue weighted by molar-refractivity contribution is 5.95. The fourth-order valence-electron chi connectivity index (χ4n) is 1.70. The van der Waals surface area contributed by atoms with Crippen LogP contribution in [-0.2, 0) is 0 Å². The maximum atomic E-state index is 11.1. The minimum atomic E-state index is -0.483. The number of hydrogen-bond donors (Lipinski definition) is 2. The molecule has 0 atom stereocenters. The van der Waals surface area contributed by atoms with Crippen molar-refractivity contribution in [1.82, 2.24) is 0 Å². The van der Waals surface area contributed by atoms with Crippen molar-refractivity contribution < 1.29 is 9.59 Å². The van der Waals surface area contributed by atoms with Crippen LogP contribution in [0.4, 0.5) is 0 Å². The maximum Gasteiger partial charge on any atom is 0.248 e. The molecule has 0 aliphatic rings. The number of benzene rings is 2. The second kappa shape index (κ2) is 4.71. The maximum absolute atomic E-state index is 11.1. The van der Waals surface area contributed by atoms with E-state index >= 15 is 0 Å². The summed E-state index contributed by atoms with van der Waals surface area (Å²) in [5.41, 5.74) is 12.9. The van der Waals surface area contributed by atoms with E-state index in [9.17, 15) is 9.59 Å². The van der Waals surface area contributed by atoms with Crippen LogP contribution in [0.1, 0.15) is 20.7 Å². The van der Waals surface area contributed by atoms with Crippen LogP contribution in [-0.4, -0.2) is 11.8 Å². The number of rotatable bonds is 3. The molecule has 0 heterocycles. The Hall–Kier alpha value is -2.62. The van der Waals surface area contributed by atoms with E-state index in [-0.39, 0.29) is 0 Å². The molecule has 2 amide bonds. The van der Waals surface area contributed by atoms with Crippen LogP contribution >= 0.6 is 0 Å². The number of amides is 2. The second-order valence-electron chi connectivity index (χ2n) is 3.89. The summed E-state index contributed by atoms with van der Waals surface area (Å²) in [5.74, 6) is -0.967. The van der Waals surface area contributed by atoms with Crippen molar-refractivity contribution in [1.29, 1.82) is 0 Å². The minimum Gasteiger partial charge on any atom is -0.366 e. The Morgan fingerprint density at radius 3 is 1.44 bits per heavy atom. The molecule has 0 aromatic heterocycles.